The molecule has 3 rings (SSSR count). The molecule has 0 heterocycles. The maximum absolute atomic E-state index is 12.5. The Kier molecular flexibility index (Phi) is 5.01. The number of hydrogen-bond donors (Lipinski definition) is 2. The molecule has 6 heteroatoms. The van der Waals surface area contributed by atoms with Crippen molar-refractivity contribution in [2.24, 2.45) is 0 Å². The van der Waals surface area contributed by atoms with Gasteiger partial charge in [0, 0.05) is 12.1 Å². The minimum absolute atomic E-state index is 0.00127. The highest BCUT2D eigenvalue weighted by atomic mass is 32.2. The number of aryl methyl sites for hydroxylation is 1. The first-order valence-electron chi connectivity index (χ1n) is 8.10. The van der Waals surface area contributed by atoms with E-state index in [1.54, 1.807) is 0 Å². The normalized spacial score (nSPS) is 16.2. The summed E-state index contributed by atoms with van der Waals surface area (Å²) in [5.74, 6) is -0.204. The third-order valence-electron chi connectivity index (χ3n) is 4.28. The second kappa shape index (κ2) is 7.21. The maximum Gasteiger partial charge on any atom is 0.251 e. The number of fused-ring (bicyclic) bond motifs is 1. The fourth-order valence-electron chi connectivity index (χ4n) is 2.99. The molecule has 0 spiro atoms. The van der Waals surface area contributed by atoms with Gasteiger partial charge in [-0.2, -0.15) is 0 Å². The van der Waals surface area contributed by atoms with Gasteiger partial charge in [0.25, 0.3) is 5.91 Å². The van der Waals surface area contributed by atoms with Crippen LogP contribution in [0.5, 0.6) is 0 Å². The zero-order valence-corrected chi connectivity index (χ0v) is 14.6. The van der Waals surface area contributed by atoms with E-state index in [1.807, 2.05) is 18.2 Å². The summed E-state index contributed by atoms with van der Waals surface area (Å²) in [6.45, 7) is 3.64. The first-order chi connectivity index (χ1) is 12.0. The van der Waals surface area contributed by atoms with Gasteiger partial charge in [0.2, 0.25) is 10.0 Å². The summed E-state index contributed by atoms with van der Waals surface area (Å²) in [5.41, 5.74) is 2.86. The number of carbonyl (C=O) groups is 1. The monoisotopic (exact) mass is 356 g/mol. The van der Waals surface area contributed by atoms with E-state index in [0.717, 1.165) is 18.4 Å². The number of sulfonamides is 1. The molecule has 1 amide bonds. The molecule has 1 aliphatic carbocycles. The van der Waals surface area contributed by atoms with Gasteiger partial charge in [0.1, 0.15) is 0 Å². The quantitative estimate of drug-likeness (QED) is 0.781. The smallest absolute Gasteiger partial charge is 0.251 e. The second-order valence-corrected chi connectivity index (χ2v) is 7.70. The summed E-state index contributed by atoms with van der Waals surface area (Å²) in [4.78, 5) is 12.6. The SMILES string of the molecule is C=CCNS(=O)(=O)c1ccc(C(=O)NC2CCc3ccccc32)cc1. The Balaban J connectivity index is 1.71. The van der Waals surface area contributed by atoms with Crippen molar-refractivity contribution in [3.63, 3.8) is 0 Å². The van der Waals surface area contributed by atoms with Crippen LogP contribution in [0.3, 0.4) is 0 Å². The van der Waals surface area contributed by atoms with E-state index in [9.17, 15) is 13.2 Å². The van der Waals surface area contributed by atoms with Crippen LogP contribution < -0.4 is 10.0 Å². The lowest BCUT2D eigenvalue weighted by Gasteiger charge is -2.14. The van der Waals surface area contributed by atoms with E-state index in [1.165, 1.54) is 35.9 Å². The van der Waals surface area contributed by atoms with Crippen molar-refractivity contribution in [3.05, 3.63) is 77.9 Å². The summed E-state index contributed by atoms with van der Waals surface area (Å²) >= 11 is 0. The molecule has 1 atom stereocenters. The predicted octanol–water partition coefficient (Wildman–Crippen LogP) is 2.57. The van der Waals surface area contributed by atoms with Crippen LogP contribution in [0.1, 0.15) is 33.9 Å². The van der Waals surface area contributed by atoms with E-state index >= 15 is 0 Å². The molecule has 25 heavy (non-hydrogen) atoms. The molecule has 1 unspecified atom stereocenters. The molecular weight excluding hydrogens is 336 g/mol. The van der Waals surface area contributed by atoms with Crippen molar-refractivity contribution in [2.75, 3.05) is 6.54 Å². The highest BCUT2D eigenvalue weighted by molar-refractivity contribution is 7.89. The molecule has 0 saturated carbocycles. The number of carbonyl (C=O) groups excluding carboxylic acids is 1. The topological polar surface area (TPSA) is 75.3 Å². The van der Waals surface area contributed by atoms with E-state index in [-0.39, 0.29) is 23.4 Å². The van der Waals surface area contributed by atoms with Crippen molar-refractivity contribution >= 4 is 15.9 Å². The van der Waals surface area contributed by atoms with Crippen molar-refractivity contribution in [1.82, 2.24) is 10.0 Å². The fourth-order valence-corrected chi connectivity index (χ4v) is 3.98. The molecule has 1 aliphatic rings. The molecular formula is C19H20N2O3S. The Morgan fingerprint density at radius 1 is 1.16 bits per heavy atom. The first kappa shape index (κ1) is 17.4. The maximum atomic E-state index is 12.5. The zero-order chi connectivity index (χ0) is 17.9. The fraction of sp³-hybridized carbons (Fsp3) is 0.211. The van der Waals surface area contributed by atoms with Crippen LogP contribution in [0.4, 0.5) is 0 Å². The lowest BCUT2D eigenvalue weighted by Crippen LogP contribution is -2.27. The van der Waals surface area contributed by atoms with Crippen LogP contribution in [0.15, 0.2) is 66.1 Å². The average molecular weight is 356 g/mol. The molecule has 0 saturated heterocycles. The van der Waals surface area contributed by atoms with Gasteiger partial charge in [-0.15, -0.1) is 6.58 Å². The number of rotatable bonds is 6. The third kappa shape index (κ3) is 3.81. The second-order valence-electron chi connectivity index (χ2n) is 5.93. The Bertz CT molecular complexity index is 889. The molecule has 0 aromatic heterocycles. The molecule has 0 radical (unpaired) electrons. The minimum atomic E-state index is -3.58. The van der Waals surface area contributed by atoms with E-state index < -0.39 is 10.0 Å². The molecule has 5 nitrogen and oxygen atoms in total. The van der Waals surface area contributed by atoms with Gasteiger partial charge in [0.15, 0.2) is 0 Å². The average Bonchev–Trinajstić information content (AvgIpc) is 3.03. The van der Waals surface area contributed by atoms with Gasteiger partial charge in [-0.25, -0.2) is 13.1 Å². The van der Waals surface area contributed by atoms with Crippen molar-refractivity contribution in [1.29, 1.82) is 0 Å². The molecule has 130 valence electrons. The highest BCUT2D eigenvalue weighted by Gasteiger charge is 2.24. The Hall–Kier alpha value is -2.44. The standard InChI is InChI=1S/C19H20N2O3S/c1-2-13-20-25(23,24)16-10-7-15(8-11-16)19(22)21-18-12-9-14-5-3-4-6-17(14)18/h2-8,10-11,18,20H,1,9,12-13H2,(H,21,22). The van der Waals surface area contributed by atoms with Crippen LogP contribution in [0.2, 0.25) is 0 Å². The summed E-state index contributed by atoms with van der Waals surface area (Å²) in [6, 6.07) is 14.0. The van der Waals surface area contributed by atoms with Crippen LogP contribution in [-0.4, -0.2) is 20.9 Å². The number of benzene rings is 2. The Morgan fingerprint density at radius 3 is 2.60 bits per heavy atom. The van der Waals surface area contributed by atoms with Gasteiger partial charge in [-0.05, 0) is 48.2 Å². The minimum Gasteiger partial charge on any atom is -0.345 e. The molecule has 0 fully saturated rings. The van der Waals surface area contributed by atoms with E-state index in [4.69, 9.17) is 0 Å². The van der Waals surface area contributed by atoms with Crippen LogP contribution in [0.25, 0.3) is 0 Å². The summed E-state index contributed by atoms with van der Waals surface area (Å²) in [6.07, 6.45) is 3.30. The molecule has 0 aliphatic heterocycles. The Morgan fingerprint density at radius 2 is 1.88 bits per heavy atom. The molecule has 0 bridgehead atoms. The van der Waals surface area contributed by atoms with Crippen molar-refractivity contribution in [3.8, 4) is 0 Å². The van der Waals surface area contributed by atoms with Crippen molar-refractivity contribution < 1.29 is 13.2 Å². The Labute approximate surface area is 147 Å². The van der Waals surface area contributed by atoms with Gasteiger partial charge in [-0.1, -0.05) is 30.3 Å². The van der Waals surface area contributed by atoms with Gasteiger partial charge in [0.05, 0.1) is 10.9 Å². The van der Waals surface area contributed by atoms with Crippen molar-refractivity contribution in [2.45, 2.75) is 23.8 Å². The van der Waals surface area contributed by atoms with E-state index in [0.29, 0.717) is 5.56 Å². The molecule has 2 aromatic carbocycles. The zero-order valence-electron chi connectivity index (χ0n) is 13.7. The van der Waals surface area contributed by atoms with Crippen LogP contribution in [0, 0.1) is 0 Å². The lowest BCUT2D eigenvalue weighted by atomic mass is 10.1. The third-order valence-corrected chi connectivity index (χ3v) is 5.72. The lowest BCUT2D eigenvalue weighted by molar-refractivity contribution is 0.0936. The molecule has 2 N–H and O–H groups in total. The van der Waals surface area contributed by atoms with E-state index in [2.05, 4.69) is 22.7 Å². The number of nitrogens with one attached hydrogen (secondary N) is 2. The largest absolute Gasteiger partial charge is 0.345 e. The van der Waals surface area contributed by atoms with Crippen LogP contribution in [-0.2, 0) is 16.4 Å². The van der Waals surface area contributed by atoms with Gasteiger partial charge in [-0.3, -0.25) is 4.79 Å². The summed E-state index contributed by atoms with van der Waals surface area (Å²) in [5, 5.41) is 3.03. The molecule has 2 aromatic rings. The first-order valence-corrected chi connectivity index (χ1v) is 9.59. The van der Waals surface area contributed by atoms with Gasteiger partial charge < -0.3 is 5.32 Å². The van der Waals surface area contributed by atoms with Gasteiger partial charge >= 0.3 is 0 Å². The number of amides is 1. The summed E-state index contributed by atoms with van der Waals surface area (Å²) < 4.78 is 26.5. The van der Waals surface area contributed by atoms with Crippen LogP contribution >= 0.6 is 0 Å². The number of hydrogen-bond acceptors (Lipinski definition) is 3. The predicted molar refractivity (Wildman–Crippen MR) is 96.8 cm³/mol. The summed E-state index contributed by atoms with van der Waals surface area (Å²) in [7, 11) is -3.58. The highest BCUT2D eigenvalue weighted by Crippen LogP contribution is 2.30.